The highest BCUT2D eigenvalue weighted by atomic mass is 16.5. The Balaban J connectivity index is 2.06. The minimum Gasteiger partial charge on any atom is -0.497 e. The Morgan fingerprint density at radius 3 is 2.46 bits per heavy atom. The first-order valence-corrected chi connectivity index (χ1v) is 9.11. The van der Waals surface area contributed by atoms with Gasteiger partial charge in [0.2, 0.25) is 0 Å². The van der Waals surface area contributed by atoms with Crippen LogP contribution in [-0.2, 0) is 0 Å². The zero-order chi connectivity index (χ0) is 17.2. The highest BCUT2D eigenvalue weighted by Gasteiger charge is 2.22. The molecule has 1 heterocycles. The van der Waals surface area contributed by atoms with Crippen molar-refractivity contribution in [3.05, 3.63) is 29.8 Å². The van der Waals surface area contributed by atoms with Crippen molar-refractivity contribution in [1.29, 1.82) is 0 Å². The van der Waals surface area contributed by atoms with Gasteiger partial charge in [-0.1, -0.05) is 25.5 Å². The SMILES string of the molecule is CCCNC(=NC)NCC(c1ccc(OC)cc1)N1CCCCC1. The van der Waals surface area contributed by atoms with Crippen LogP contribution in [0.1, 0.15) is 44.2 Å². The first-order valence-electron chi connectivity index (χ1n) is 9.11. The van der Waals surface area contributed by atoms with E-state index in [1.165, 1.54) is 37.9 Å². The Morgan fingerprint density at radius 2 is 1.88 bits per heavy atom. The fraction of sp³-hybridized carbons (Fsp3) is 0.632. The van der Waals surface area contributed by atoms with Gasteiger partial charge in [-0.3, -0.25) is 9.89 Å². The van der Waals surface area contributed by atoms with E-state index in [9.17, 15) is 0 Å². The molecule has 1 aliphatic rings. The molecule has 0 radical (unpaired) electrons. The van der Waals surface area contributed by atoms with Crippen molar-refractivity contribution >= 4 is 5.96 Å². The molecule has 1 aromatic carbocycles. The van der Waals surface area contributed by atoms with Crippen LogP contribution in [0.25, 0.3) is 0 Å². The molecule has 1 atom stereocenters. The van der Waals surface area contributed by atoms with E-state index in [-0.39, 0.29) is 0 Å². The molecule has 1 fully saturated rings. The molecular weight excluding hydrogens is 300 g/mol. The molecule has 0 bridgehead atoms. The van der Waals surface area contributed by atoms with Crippen LogP contribution in [0.5, 0.6) is 5.75 Å². The zero-order valence-corrected chi connectivity index (χ0v) is 15.3. The zero-order valence-electron chi connectivity index (χ0n) is 15.3. The normalized spacial score (nSPS) is 17.4. The highest BCUT2D eigenvalue weighted by molar-refractivity contribution is 5.79. The molecule has 1 unspecified atom stereocenters. The molecular formula is C19H32N4O. The van der Waals surface area contributed by atoms with Gasteiger partial charge < -0.3 is 15.4 Å². The van der Waals surface area contributed by atoms with E-state index in [0.717, 1.165) is 31.2 Å². The summed E-state index contributed by atoms with van der Waals surface area (Å²) in [6.07, 6.45) is 5.01. The summed E-state index contributed by atoms with van der Waals surface area (Å²) in [5.41, 5.74) is 1.33. The molecule has 5 nitrogen and oxygen atoms in total. The predicted molar refractivity (Wildman–Crippen MR) is 101 cm³/mol. The molecule has 2 rings (SSSR count). The Bertz CT molecular complexity index is 495. The Labute approximate surface area is 146 Å². The molecule has 1 saturated heterocycles. The fourth-order valence-electron chi connectivity index (χ4n) is 3.17. The summed E-state index contributed by atoms with van der Waals surface area (Å²) in [5.74, 6) is 1.79. The molecule has 0 spiro atoms. The lowest BCUT2D eigenvalue weighted by Gasteiger charge is -2.35. The summed E-state index contributed by atoms with van der Waals surface area (Å²) in [6.45, 7) is 6.29. The number of hydrogen-bond donors (Lipinski definition) is 2. The van der Waals surface area contributed by atoms with Crippen molar-refractivity contribution in [2.45, 2.75) is 38.6 Å². The molecule has 5 heteroatoms. The first kappa shape index (κ1) is 18.6. The molecule has 0 aromatic heterocycles. The maximum atomic E-state index is 5.30. The number of guanidine groups is 1. The van der Waals surface area contributed by atoms with E-state index >= 15 is 0 Å². The predicted octanol–water partition coefficient (Wildman–Crippen LogP) is 2.80. The first-order chi connectivity index (χ1) is 11.8. The third-order valence-electron chi connectivity index (χ3n) is 4.56. The second-order valence-electron chi connectivity index (χ2n) is 6.27. The fourth-order valence-corrected chi connectivity index (χ4v) is 3.17. The number of likely N-dealkylation sites (tertiary alicyclic amines) is 1. The summed E-state index contributed by atoms with van der Waals surface area (Å²) >= 11 is 0. The van der Waals surface area contributed by atoms with Crippen molar-refractivity contribution < 1.29 is 4.74 Å². The van der Waals surface area contributed by atoms with Crippen molar-refractivity contribution in [1.82, 2.24) is 15.5 Å². The van der Waals surface area contributed by atoms with Gasteiger partial charge in [0, 0.05) is 20.1 Å². The van der Waals surface area contributed by atoms with Gasteiger partial charge in [0.1, 0.15) is 5.75 Å². The number of nitrogens with one attached hydrogen (secondary N) is 2. The van der Waals surface area contributed by atoms with Crippen LogP contribution >= 0.6 is 0 Å². The third kappa shape index (κ3) is 5.41. The lowest BCUT2D eigenvalue weighted by Crippen LogP contribution is -2.44. The minimum absolute atomic E-state index is 0.358. The minimum atomic E-state index is 0.358. The van der Waals surface area contributed by atoms with Crippen LogP contribution in [-0.4, -0.2) is 51.2 Å². The smallest absolute Gasteiger partial charge is 0.191 e. The van der Waals surface area contributed by atoms with E-state index in [4.69, 9.17) is 4.74 Å². The van der Waals surface area contributed by atoms with E-state index in [1.807, 2.05) is 7.05 Å². The number of rotatable bonds is 7. The van der Waals surface area contributed by atoms with Crippen LogP contribution in [0.15, 0.2) is 29.3 Å². The maximum absolute atomic E-state index is 5.30. The Kier molecular flexibility index (Phi) is 7.89. The molecule has 0 saturated carbocycles. The molecule has 1 aromatic rings. The maximum Gasteiger partial charge on any atom is 0.191 e. The number of benzene rings is 1. The third-order valence-corrected chi connectivity index (χ3v) is 4.56. The van der Waals surface area contributed by atoms with Crippen molar-refractivity contribution in [2.24, 2.45) is 4.99 Å². The topological polar surface area (TPSA) is 48.9 Å². The molecule has 2 N–H and O–H groups in total. The van der Waals surface area contributed by atoms with Gasteiger partial charge in [-0.15, -0.1) is 0 Å². The van der Waals surface area contributed by atoms with Gasteiger partial charge in [-0.25, -0.2) is 0 Å². The number of nitrogens with zero attached hydrogens (tertiary/aromatic N) is 2. The van der Waals surface area contributed by atoms with Crippen LogP contribution in [0.2, 0.25) is 0 Å². The quantitative estimate of drug-likeness (QED) is 0.595. The number of piperidine rings is 1. The van der Waals surface area contributed by atoms with Crippen LogP contribution in [0.3, 0.4) is 0 Å². The standard InChI is InChI=1S/C19H32N4O/c1-4-12-21-19(20-2)22-15-18(23-13-6-5-7-14-23)16-8-10-17(24-3)11-9-16/h8-11,18H,4-7,12-15H2,1-3H3,(H2,20,21,22). The van der Waals surface area contributed by atoms with Gasteiger partial charge in [0.25, 0.3) is 0 Å². The summed E-state index contributed by atoms with van der Waals surface area (Å²) < 4.78 is 5.30. The van der Waals surface area contributed by atoms with Crippen molar-refractivity contribution in [2.75, 3.05) is 40.3 Å². The second-order valence-corrected chi connectivity index (χ2v) is 6.27. The van der Waals surface area contributed by atoms with Crippen LogP contribution in [0.4, 0.5) is 0 Å². The summed E-state index contributed by atoms with van der Waals surface area (Å²) in [6, 6.07) is 8.83. The monoisotopic (exact) mass is 332 g/mol. The summed E-state index contributed by atoms with van der Waals surface area (Å²) in [5, 5.41) is 6.84. The van der Waals surface area contributed by atoms with Gasteiger partial charge in [0.15, 0.2) is 5.96 Å². The van der Waals surface area contributed by atoms with E-state index < -0.39 is 0 Å². The van der Waals surface area contributed by atoms with E-state index in [1.54, 1.807) is 7.11 Å². The van der Waals surface area contributed by atoms with E-state index in [0.29, 0.717) is 6.04 Å². The number of ether oxygens (including phenoxy) is 1. The Hall–Kier alpha value is -1.75. The lowest BCUT2D eigenvalue weighted by molar-refractivity contribution is 0.164. The van der Waals surface area contributed by atoms with Crippen LogP contribution in [0, 0.1) is 0 Å². The highest BCUT2D eigenvalue weighted by Crippen LogP contribution is 2.25. The largest absolute Gasteiger partial charge is 0.497 e. The summed E-state index contributed by atoms with van der Waals surface area (Å²) in [7, 11) is 3.54. The van der Waals surface area contributed by atoms with E-state index in [2.05, 4.69) is 51.7 Å². The number of hydrogen-bond acceptors (Lipinski definition) is 3. The van der Waals surface area contributed by atoms with Gasteiger partial charge in [-0.2, -0.15) is 0 Å². The average molecular weight is 332 g/mol. The molecule has 0 aliphatic carbocycles. The average Bonchev–Trinajstić information content (AvgIpc) is 2.65. The number of methoxy groups -OCH3 is 1. The summed E-state index contributed by atoms with van der Waals surface area (Å²) in [4.78, 5) is 6.91. The van der Waals surface area contributed by atoms with Crippen LogP contribution < -0.4 is 15.4 Å². The van der Waals surface area contributed by atoms with Crippen molar-refractivity contribution in [3.8, 4) is 5.75 Å². The lowest BCUT2D eigenvalue weighted by atomic mass is 10.0. The molecule has 134 valence electrons. The second kappa shape index (κ2) is 10.2. The van der Waals surface area contributed by atoms with Gasteiger partial charge in [0.05, 0.1) is 13.2 Å². The van der Waals surface area contributed by atoms with Crippen molar-refractivity contribution in [3.63, 3.8) is 0 Å². The number of aliphatic imine (C=N–C) groups is 1. The van der Waals surface area contributed by atoms with Gasteiger partial charge in [-0.05, 0) is 50.0 Å². The molecule has 1 aliphatic heterocycles. The molecule has 24 heavy (non-hydrogen) atoms. The Morgan fingerprint density at radius 1 is 1.17 bits per heavy atom. The molecule has 0 amide bonds. The van der Waals surface area contributed by atoms with Gasteiger partial charge >= 0.3 is 0 Å².